The SMILES string of the molecule is CCN(CC)C(=O)CN(C)C(=O)c1cc(N)ccc1OC. The Bertz CT molecular complexity index is 513. The molecule has 0 heterocycles. The maximum Gasteiger partial charge on any atom is 0.257 e. The molecule has 0 aliphatic heterocycles. The van der Waals surface area contributed by atoms with Gasteiger partial charge in [-0.2, -0.15) is 0 Å². The molecular weight excluding hydrogens is 270 g/mol. The molecule has 2 amide bonds. The van der Waals surface area contributed by atoms with E-state index < -0.39 is 0 Å². The van der Waals surface area contributed by atoms with Gasteiger partial charge >= 0.3 is 0 Å². The lowest BCUT2D eigenvalue weighted by atomic mass is 10.1. The molecule has 6 nitrogen and oxygen atoms in total. The van der Waals surface area contributed by atoms with Gasteiger partial charge in [0.15, 0.2) is 0 Å². The average Bonchev–Trinajstić information content (AvgIpc) is 2.47. The van der Waals surface area contributed by atoms with Crippen molar-refractivity contribution >= 4 is 17.5 Å². The van der Waals surface area contributed by atoms with Gasteiger partial charge in [-0.25, -0.2) is 0 Å². The standard InChI is InChI=1S/C15H23N3O3/c1-5-18(6-2)14(19)10-17(3)15(20)12-9-11(16)7-8-13(12)21-4/h7-9H,5-6,10,16H2,1-4H3. The summed E-state index contributed by atoms with van der Waals surface area (Å²) in [5.41, 5.74) is 6.54. The first-order chi connectivity index (χ1) is 9.94. The number of carbonyl (C=O) groups is 2. The van der Waals surface area contributed by atoms with Crippen molar-refractivity contribution in [3.8, 4) is 5.75 Å². The second-order valence-electron chi connectivity index (χ2n) is 4.69. The number of ether oxygens (including phenoxy) is 1. The van der Waals surface area contributed by atoms with Crippen LogP contribution in [0.2, 0.25) is 0 Å². The quantitative estimate of drug-likeness (QED) is 0.800. The van der Waals surface area contributed by atoms with Crippen molar-refractivity contribution in [2.75, 3.05) is 39.5 Å². The van der Waals surface area contributed by atoms with Gasteiger partial charge in [-0.15, -0.1) is 0 Å². The highest BCUT2D eigenvalue weighted by atomic mass is 16.5. The van der Waals surface area contributed by atoms with E-state index in [4.69, 9.17) is 10.5 Å². The van der Waals surface area contributed by atoms with E-state index in [1.165, 1.54) is 12.0 Å². The predicted octanol–water partition coefficient (Wildman–Crippen LogP) is 1.22. The predicted molar refractivity (Wildman–Crippen MR) is 82.3 cm³/mol. The number of rotatable bonds is 6. The van der Waals surface area contributed by atoms with Gasteiger partial charge in [-0.05, 0) is 32.0 Å². The van der Waals surface area contributed by atoms with Crippen molar-refractivity contribution in [1.29, 1.82) is 0 Å². The highest BCUT2D eigenvalue weighted by Gasteiger charge is 2.20. The molecule has 116 valence electrons. The number of likely N-dealkylation sites (N-methyl/N-ethyl adjacent to an activating group) is 2. The minimum atomic E-state index is -0.292. The van der Waals surface area contributed by atoms with Crippen molar-refractivity contribution in [2.45, 2.75) is 13.8 Å². The lowest BCUT2D eigenvalue weighted by Gasteiger charge is -2.23. The number of benzene rings is 1. The number of anilines is 1. The van der Waals surface area contributed by atoms with E-state index in [-0.39, 0.29) is 18.4 Å². The highest BCUT2D eigenvalue weighted by Crippen LogP contribution is 2.22. The molecular formula is C15H23N3O3. The van der Waals surface area contributed by atoms with Gasteiger partial charge in [0.2, 0.25) is 5.91 Å². The van der Waals surface area contributed by atoms with Crippen LogP contribution < -0.4 is 10.5 Å². The normalized spacial score (nSPS) is 10.1. The lowest BCUT2D eigenvalue weighted by molar-refractivity contribution is -0.131. The fraction of sp³-hybridized carbons (Fsp3) is 0.467. The summed E-state index contributed by atoms with van der Waals surface area (Å²) < 4.78 is 5.17. The maximum atomic E-state index is 12.4. The van der Waals surface area contributed by atoms with Crippen LogP contribution in [0, 0.1) is 0 Å². The number of nitrogen functional groups attached to an aromatic ring is 1. The van der Waals surface area contributed by atoms with Gasteiger partial charge < -0.3 is 20.3 Å². The third-order valence-electron chi connectivity index (χ3n) is 3.29. The second-order valence-corrected chi connectivity index (χ2v) is 4.69. The van der Waals surface area contributed by atoms with Crippen molar-refractivity contribution in [2.24, 2.45) is 0 Å². The average molecular weight is 293 g/mol. The molecule has 0 unspecified atom stereocenters. The van der Waals surface area contributed by atoms with Crippen LogP contribution in [-0.2, 0) is 4.79 Å². The van der Waals surface area contributed by atoms with Gasteiger partial charge in [0.25, 0.3) is 5.91 Å². The molecule has 0 aromatic heterocycles. The first-order valence-electron chi connectivity index (χ1n) is 6.91. The molecule has 6 heteroatoms. The van der Waals surface area contributed by atoms with Gasteiger partial charge in [-0.1, -0.05) is 0 Å². The molecule has 1 aromatic rings. The Morgan fingerprint density at radius 3 is 2.38 bits per heavy atom. The monoisotopic (exact) mass is 293 g/mol. The lowest BCUT2D eigenvalue weighted by Crippen LogP contribution is -2.41. The van der Waals surface area contributed by atoms with E-state index in [0.29, 0.717) is 30.1 Å². The van der Waals surface area contributed by atoms with E-state index in [0.717, 1.165) is 0 Å². The molecule has 0 spiro atoms. The fourth-order valence-electron chi connectivity index (χ4n) is 2.05. The van der Waals surface area contributed by atoms with Crippen molar-refractivity contribution in [3.05, 3.63) is 23.8 Å². The molecule has 0 saturated carbocycles. The Kier molecular flexibility index (Phi) is 6.02. The van der Waals surface area contributed by atoms with Crippen LogP contribution in [0.5, 0.6) is 5.75 Å². The van der Waals surface area contributed by atoms with Gasteiger partial charge in [0, 0.05) is 25.8 Å². The number of carbonyl (C=O) groups excluding carboxylic acids is 2. The third kappa shape index (κ3) is 4.11. The summed E-state index contributed by atoms with van der Waals surface area (Å²) in [4.78, 5) is 27.5. The van der Waals surface area contributed by atoms with Gasteiger partial charge in [-0.3, -0.25) is 9.59 Å². The second kappa shape index (κ2) is 7.52. The Morgan fingerprint density at radius 2 is 1.86 bits per heavy atom. The number of hydrogen-bond acceptors (Lipinski definition) is 4. The van der Waals surface area contributed by atoms with E-state index >= 15 is 0 Å². The Balaban J connectivity index is 2.88. The Morgan fingerprint density at radius 1 is 1.24 bits per heavy atom. The minimum Gasteiger partial charge on any atom is -0.496 e. The zero-order valence-electron chi connectivity index (χ0n) is 13.0. The van der Waals surface area contributed by atoms with E-state index in [1.54, 1.807) is 30.1 Å². The molecule has 21 heavy (non-hydrogen) atoms. The molecule has 0 aliphatic carbocycles. The van der Waals surface area contributed by atoms with Crippen LogP contribution >= 0.6 is 0 Å². The summed E-state index contributed by atoms with van der Waals surface area (Å²) in [5.74, 6) is 0.0646. The molecule has 2 N–H and O–H groups in total. The third-order valence-corrected chi connectivity index (χ3v) is 3.29. The van der Waals surface area contributed by atoms with Crippen molar-refractivity contribution < 1.29 is 14.3 Å². The first-order valence-corrected chi connectivity index (χ1v) is 6.91. The zero-order chi connectivity index (χ0) is 16.0. The van der Waals surface area contributed by atoms with Crippen molar-refractivity contribution in [1.82, 2.24) is 9.80 Å². The van der Waals surface area contributed by atoms with Crippen molar-refractivity contribution in [3.63, 3.8) is 0 Å². The van der Waals surface area contributed by atoms with E-state index in [2.05, 4.69) is 0 Å². The topological polar surface area (TPSA) is 75.9 Å². The van der Waals surface area contributed by atoms with E-state index in [1.807, 2.05) is 13.8 Å². The van der Waals surface area contributed by atoms with Crippen LogP contribution in [0.1, 0.15) is 24.2 Å². The summed E-state index contributed by atoms with van der Waals surface area (Å²) in [6.07, 6.45) is 0. The number of nitrogens with two attached hydrogens (primary N) is 1. The zero-order valence-corrected chi connectivity index (χ0v) is 13.0. The Hall–Kier alpha value is -2.24. The summed E-state index contributed by atoms with van der Waals surface area (Å²) in [6.45, 7) is 5.09. The number of amides is 2. The number of nitrogens with zero attached hydrogens (tertiary/aromatic N) is 2. The summed E-state index contributed by atoms with van der Waals surface area (Å²) in [7, 11) is 3.08. The van der Waals surface area contributed by atoms with Crippen LogP contribution in [0.25, 0.3) is 0 Å². The van der Waals surface area contributed by atoms with Crippen LogP contribution in [0.15, 0.2) is 18.2 Å². The maximum absolute atomic E-state index is 12.4. The van der Waals surface area contributed by atoms with Crippen LogP contribution in [-0.4, -0.2) is 55.4 Å². The summed E-state index contributed by atoms with van der Waals surface area (Å²) in [5, 5.41) is 0. The smallest absolute Gasteiger partial charge is 0.257 e. The minimum absolute atomic E-state index is 0.0263. The molecule has 0 saturated heterocycles. The Labute approximate surface area is 125 Å². The molecule has 0 fully saturated rings. The van der Waals surface area contributed by atoms with Crippen LogP contribution in [0.3, 0.4) is 0 Å². The molecule has 1 aromatic carbocycles. The first kappa shape index (κ1) is 16.8. The summed E-state index contributed by atoms with van der Waals surface area (Å²) >= 11 is 0. The fourth-order valence-corrected chi connectivity index (χ4v) is 2.05. The van der Waals surface area contributed by atoms with E-state index in [9.17, 15) is 9.59 Å². The van der Waals surface area contributed by atoms with Crippen LogP contribution in [0.4, 0.5) is 5.69 Å². The molecule has 0 bridgehead atoms. The number of methoxy groups -OCH3 is 1. The largest absolute Gasteiger partial charge is 0.496 e. The highest BCUT2D eigenvalue weighted by molar-refractivity contribution is 5.99. The molecule has 0 radical (unpaired) electrons. The molecule has 1 rings (SSSR count). The number of hydrogen-bond donors (Lipinski definition) is 1. The molecule has 0 aliphatic rings. The van der Waals surface area contributed by atoms with Gasteiger partial charge in [0.05, 0.1) is 19.2 Å². The van der Waals surface area contributed by atoms with Gasteiger partial charge in [0.1, 0.15) is 5.75 Å². The summed E-state index contributed by atoms with van der Waals surface area (Å²) in [6, 6.07) is 4.86. The molecule has 0 atom stereocenters.